The second-order valence-corrected chi connectivity index (χ2v) is 6.95. The minimum Gasteiger partial charge on any atom is -0.480 e. The number of carbonyl (C=O) groups excluding carboxylic acids is 1. The quantitative estimate of drug-likeness (QED) is 0.663. The van der Waals surface area contributed by atoms with E-state index in [-0.39, 0.29) is 11.7 Å². The fourth-order valence-corrected chi connectivity index (χ4v) is 4.40. The van der Waals surface area contributed by atoms with Crippen LogP contribution in [0.3, 0.4) is 0 Å². The van der Waals surface area contributed by atoms with Crippen molar-refractivity contribution in [2.75, 3.05) is 0 Å². The first-order valence-corrected chi connectivity index (χ1v) is 7.41. The molecule has 1 saturated carbocycles. The molecule has 0 heterocycles. The van der Waals surface area contributed by atoms with Crippen LogP contribution in [0.1, 0.15) is 43.2 Å². The van der Waals surface area contributed by atoms with Crippen molar-refractivity contribution in [3.05, 3.63) is 35.1 Å². The summed E-state index contributed by atoms with van der Waals surface area (Å²) in [6.07, 6.45) is 1.83. The fraction of sp³-hybridized carbons (Fsp3) is 0.467. The number of alkyl halides is 1. The van der Waals surface area contributed by atoms with E-state index in [0.717, 1.165) is 0 Å². The molecule has 1 N–H and O–H groups in total. The Hall–Kier alpha value is -1.23. The van der Waals surface area contributed by atoms with Crippen molar-refractivity contribution < 1.29 is 19.1 Å². The lowest BCUT2D eigenvalue weighted by Gasteiger charge is -2.45. The van der Waals surface area contributed by atoms with Gasteiger partial charge in [0.25, 0.3) is 0 Å². The van der Waals surface area contributed by atoms with E-state index in [1.807, 2.05) is 6.92 Å². The number of carbonyl (C=O) groups is 2. The van der Waals surface area contributed by atoms with Gasteiger partial charge < -0.3 is 5.11 Å². The molecule has 0 saturated heterocycles. The van der Waals surface area contributed by atoms with Gasteiger partial charge in [-0.1, -0.05) is 28.9 Å². The number of fused-ring (bicyclic) bond motifs is 1. The molecule has 1 atom stereocenters. The van der Waals surface area contributed by atoms with Crippen LogP contribution in [-0.2, 0) is 13.9 Å². The number of Topliss-reactive ketones (excluding diaryl/α,β-unsaturated/α-hetero) is 1. The van der Waals surface area contributed by atoms with Gasteiger partial charge in [-0.3, -0.25) is 4.79 Å². The minimum absolute atomic E-state index is 0.0726. The summed E-state index contributed by atoms with van der Waals surface area (Å²) in [4.78, 5) is 24.6. The topological polar surface area (TPSA) is 54.4 Å². The standard InChI is InChI=1S/C15H14BrFO3/c1-2-14-6-8(7-14)10-5-9(17)3-4-11(10)15(16,12(14)18)13(19)20/h3-5,8H,2,6-7H2,1H3,(H,19,20). The highest BCUT2D eigenvalue weighted by molar-refractivity contribution is 9.10. The van der Waals surface area contributed by atoms with Crippen LogP contribution in [0.25, 0.3) is 0 Å². The zero-order chi connectivity index (χ0) is 14.7. The lowest BCUT2D eigenvalue weighted by atomic mass is 9.57. The highest BCUT2D eigenvalue weighted by Crippen LogP contribution is 2.62. The van der Waals surface area contributed by atoms with Gasteiger partial charge in [-0.15, -0.1) is 0 Å². The molecule has 0 aromatic heterocycles. The van der Waals surface area contributed by atoms with Crippen molar-refractivity contribution in [1.82, 2.24) is 0 Å². The van der Waals surface area contributed by atoms with E-state index in [4.69, 9.17) is 0 Å². The monoisotopic (exact) mass is 340 g/mol. The van der Waals surface area contributed by atoms with Crippen LogP contribution in [-0.4, -0.2) is 16.9 Å². The Labute approximate surface area is 124 Å². The Bertz CT molecular complexity index is 622. The second-order valence-electron chi connectivity index (χ2n) is 5.76. The molecule has 2 bridgehead atoms. The van der Waals surface area contributed by atoms with Gasteiger partial charge in [-0.25, -0.2) is 9.18 Å². The molecule has 106 valence electrons. The molecule has 1 unspecified atom stereocenters. The number of hydrogen-bond donors (Lipinski definition) is 1. The number of carboxylic acid groups (broad SMARTS) is 1. The van der Waals surface area contributed by atoms with Crippen LogP contribution >= 0.6 is 15.9 Å². The highest BCUT2D eigenvalue weighted by Gasteiger charge is 2.63. The Morgan fingerprint density at radius 2 is 2.15 bits per heavy atom. The molecular weight excluding hydrogens is 327 g/mol. The number of benzene rings is 1. The summed E-state index contributed by atoms with van der Waals surface area (Å²) >= 11 is 3.17. The van der Waals surface area contributed by atoms with Crippen LogP contribution in [0.15, 0.2) is 18.2 Å². The Morgan fingerprint density at radius 1 is 1.50 bits per heavy atom. The van der Waals surface area contributed by atoms with Crippen molar-refractivity contribution in [2.24, 2.45) is 5.41 Å². The first-order chi connectivity index (χ1) is 9.35. The number of rotatable bonds is 2. The molecule has 1 fully saturated rings. The van der Waals surface area contributed by atoms with Gasteiger partial charge in [0, 0.05) is 5.41 Å². The van der Waals surface area contributed by atoms with Crippen molar-refractivity contribution in [3.63, 3.8) is 0 Å². The molecule has 20 heavy (non-hydrogen) atoms. The van der Waals surface area contributed by atoms with Gasteiger partial charge in [0.2, 0.25) is 4.32 Å². The third-order valence-corrected chi connectivity index (χ3v) is 5.99. The smallest absolute Gasteiger partial charge is 0.332 e. The molecule has 0 amide bonds. The third-order valence-electron chi connectivity index (χ3n) is 4.86. The van der Waals surface area contributed by atoms with Crippen molar-refractivity contribution in [3.8, 4) is 0 Å². The molecule has 0 spiro atoms. The second kappa shape index (κ2) is 4.13. The summed E-state index contributed by atoms with van der Waals surface area (Å²) in [5, 5.41) is 9.59. The zero-order valence-electron chi connectivity index (χ0n) is 11.0. The Kier molecular flexibility index (Phi) is 2.84. The van der Waals surface area contributed by atoms with E-state index < -0.39 is 21.5 Å². The molecular formula is C15H14BrFO3. The van der Waals surface area contributed by atoms with Crippen LogP contribution in [0, 0.1) is 11.2 Å². The maximum atomic E-state index is 13.5. The molecule has 4 rings (SSSR count). The number of halogens is 2. The molecule has 0 aliphatic heterocycles. The van der Waals surface area contributed by atoms with Gasteiger partial charge in [0.15, 0.2) is 5.78 Å². The van der Waals surface area contributed by atoms with Crippen molar-refractivity contribution in [2.45, 2.75) is 36.4 Å². The molecule has 3 aliphatic rings. The van der Waals surface area contributed by atoms with Gasteiger partial charge in [-0.05, 0) is 48.4 Å². The lowest BCUT2D eigenvalue weighted by Crippen LogP contribution is -2.49. The summed E-state index contributed by atoms with van der Waals surface area (Å²) in [7, 11) is 0. The van der Waals surface area contributed by atoms with E-state index in [0.29, 0.717) is 30.4 Å². The summed E-state index contributed by atoms with van der Waals surface area (Å²) in [5.41, 5.74) is 0.440. The Balaban J connectivity index is 2.28. The number of aliphatic carboxylic acids is 1. The van der Waals surface area contributed by atoms with Crippen molar-refractivity contribution >= 4 is 27.7 Å². The summed E-state index contributed by atoms with van der Waals surface area (Å²) < 4.78 is 11.7. The van der Waals surface area contributed by atoms with Gasteiger partial charge in [0.1, 0.15) is 5.82 Å². The molecule has 3 aliphatic carbocycles. The molecule has 1 aromatic rings. The highest BCUT2D eigenvalue weighted by atomic mass is 79.9. The van der Waals surface area contributed by atoms with Gasteiger partial charge in [0.05, 0.1) is 0 Å². The molecule has 0 radical (unpaired) electrons. The maximum absolute atomic E-state index is 13.5. The van der Waals surface area contributed by atoms with E-state index in [9.17, 15) is 19.1 Å². The zero-order valence-corrected chi connectivity index (χ0v) is 12.5. The van der Waals surface area contributed by atoms with E-state index in [2.05, 4.69) is 15.9 Å². The van der Waals surface area contributed by atoms with Crippen LogP contribution in [0.5, 0.6) is 0 Å². The average molecular weight is 341 g/mol. The number of carboxylic acids is 1. The summed E-state index contributed by atoms with van der Waals surface area (Å²) in [6, 6.07) is 4.01. The number of ketones is 1. The van der Waals surface area contributed by atoms with Crippen LogP contribution in [0.4, 0.5) is 4.39 Å². The third kappa shape index (κ3) is 1.50. The largest absolute Gasteiger partial charge is 0.480 e. The van der Waals surface area contributed by atoms with Crippen LogP contribution < -0.4 is 0 Å². The predicted molar refractivity (Wildman–Crippen MR) is 74.3 cm³/mol. The fourth-order valence-electron chi connectivity index (χ4n) is 3.62. The van der Waals surface area contributed by atoms with E-state index >= 15 is 0 Å². The summed E-state index contributed by atoms with van der Waals surface area (Å²) in [6.45, 7) is 1.90. The minimum atomic E-state index is -1.75. The summed E-state index contributed by atoms with van der Waals surface area (Å²) in [5.74, 6) is -1.85. The first kappa shape index (κ1) is 13.7. The molecule has 3 nitrogen and oxygen atoms in total. The van der Waals surface area contributed by atoms with E-state index in [1.165, 1.54) is 18.2 Å². The average Bonchev–Trinajstić information content (AvgIpc) is 2.48. The van der Waals surface area contributed by atoms with Gasteiger partial charge >= 0.3 is 5.97 Å². The Morgan fingerprint density at radius 3 is 2.70 bits per heavy atom. The SMILES string of the molecule is CCC12CC(C1)c1cc(F)ccc1C(Br)(C(=O)O)C2=O. The molecule has 5 heteroatoms. The van der Waals surface area contributed by atoms with E-state index in [1.54, 1.807) is 0 Å². The normalized spacial score (nSPS) is 35.0. The van der Waals surface area contributed by atoms with Crippen LogP contribution in [0.2, 0.25) is 0 Å². The van der Waals surface area contributed by atoms with Crippen molar-refractivity contribution in [1.29, 1.82) is 0 Å². The number of hydrogen-bond acceptors (Lipinski definition) is 2. The first-order valence-electron chi connectivity index (χ1n) is 6.62. The predicted octanol–water partition coefficient (Wildman–Crippen LogP) is 3.36. The maximum Gasteiger partial charge on any atom is 0.332 e. The van der Waals surface area contributed by atoms with Gasteiger partial charge in [-0.2, -0.15) is 0 Å². The lowest BCUT2D eigenvalue weighted by molar-refractivity contribution is -0.149. The molecule has 1 aromatic carbocycles.